The zero-order valence-corrected chi connectivity index (χ0v) is 22.4. The third kappa shape index (κ3) is 7.12. The zero-order valence-electron chi connectivity index (χ0n) is 20.8. The van der Waals surface area contributed by atoms with Crippen molar-refractivity contribution in [2.24, 2.45) is 0 Å². The normalized spacial score (nSPS) is 15.1. The summed E-state index contributed by atoms with van der Waals surface area (Å²) in [5, 5.41) is 6.81. The summed E-state index contributed by atoms with van der Waals surface area (Å²) in [5.41, 5.74) is 6.28. The number of nitrogens with two attached hydrogens (primary N) is 1. The van der Waals surface area contributed by atoms with Crippen LogP contribution in [-0.4, -0.2) is 71.4 Å². The molecule has 38 heavy (non-hydrogen) atoms. The van der Waals surface area contributed by atoms with E-state index >= 15 is 0 Å². The van der Waals surface area contributed by atoms with Crippen molar-refractivity contribution in [3.63, 3.8) is 0 Å². The smallest absolute Gasteiger partial charge is 0.214 e. The Hall–Kier alpha value is -2.94. The van der Waals surface area contributed by atoms with Crippen LogP contribution in [0.3, 0.4) is 0 Å². The van der Waals surface area contributed by atoms with E-state index in [9.17, 15) is 22.0 Å². The van der Waals surface area contributed by atoms with Crippen molar-refractivity contribution < 1.29 is 22.0 Å². The maximum Gasteiger partial charge on any atom is 0.214 e. The average molecular weight is 568 g/mol. The quantitative estimate of drug-likeness (QED) is 0.182. The molecule has 0 aliphatic carbocycles. The lowest BCUT2D eigenvalue weighted by Gasteiger charge is -2.31. The fourth-order valence-electron chi connectivity index (χ4n) is 4.30. The lowest BCUT2D eigenvalue weighted by atomic mass is 10.1. The molecule has 0 bridgehead atoms. The predicted molar refractivity (Wildman–Crippen MR) is 143 cm³/mol. The molecule has 3 heterocycles. The molecule has 14 heteroatoms. The van der Waals surface area contributed by atoms with Crippen molar-refractivity contribution >= 4 is 38.1 Å². The Morgan fingerprint density at radius 3 is 2.58 bits per heavy atom. The standard InChI is InChI=1S/C24H31F2N7O3S2/c25-18-5-1-6-19(26)20(18)21(34)22-23(27)32-24(37-22)31-16-7-11-33(12-8-16)38(35,36)13-3-10-28-9-2-4-17-14-29-15-30-17/h1,5-6,14-16,28H,2-4,7-13,27H2,(H,29,30)(H,31,32). The molecular formula is C24H31F2N7O3S2. The van der Waals surface area contributed by atoms with Gasteiger partial charge in [0.2, 0.25) is 15.8 Å². The predicted octanol–water partition coefficient (Wildman–Crippen LogP) is 2.78. The number of ketones is 1. The number of thiazole rings is 1. The number of imidazole rings is 1. The van der Waals surface area contributed by atoms with Crippen LogP contribution in [0.2, 0.25) is 0 Å². The number of benzene rings is 1. The van der Waals surface area contributed by atoms with Gasteiger partial charge in [-0.3, -0.25) is 4.79 Å². The molecule has 1 aliphatic heterocycles. The highest BCUT2D eigenvalue weighted by atomic mass is 32.2. The lowest BCUT2D eigenvalue weighted by molar-refractivity contribution is 0.103. The van der Waals surface area contributed by atoms with Gasteiger partial charge in [0.1, 0.15) is 22.3 Å². The minimum Gasteiger partial charge on any atom is -0.382 e. The summed E-state index contributed by atoms with van der Waals surface area (Å²) in [5.74, 6) is -2.82. The number of hydrogen-bond donors (Lipinski definition) is 4. The number of hydrogen-bond acceptors (Lipinski definition) is 9. The second-order valence-electron chi connectivity index (χ2n) is 9.08. The highest BCUT2D eigenvalue weighted by Gasteiger charge is 2.29. The van der Waals surface area contributed by atoms with Gasteiger partial charge >= 0.3 is 0 Å². The number of sulfonamides is 1. The molecule has 0 saturated carbocycles. The highest BCUT2D eigenvalue weighted by Crippen LogP contribution is 2.30. The summed E-state index contributed by atoms with van der Waals surface area (Å²) in [6.45, 7) is 2.17. The Balaban J connectivity index is 1.20. The number of nitrogens with zero attached hydrogens (tertiary/aromatic N) is 3. The van der Waals surface area contributed by atoms with Crippen molar-refractivity contribution in [3.05, 3.63) is 58.5 Å². The number of aryl methyl sites for hydroxylation is 1. The third-order valence-electron chi connectivity index (χ3n) is 6.33. The Labute approximate surface area is 224 Å². The molecule has 1 aliphatic rings. The SMILES string of the molecule is Nc1nc(NC2CCN(S(=O)(=O)CCCNCCCc3cnc[nH]3)CC2)sc1C(=O)c1c(F)cccc1F. The van der Waals surface area contributed by atoms with Crippen LogP contribution in [-0.2, 0) is 16.4 Å². The molecule has 0 spiro atoms. The second-order valence-corrected chi connectivity index (χ2v) is 12.2. The van der Waals surface area contributed by atoms with Gasteiger partial charge in [-0.2, -0.15) is 0 Å². The van der Waals surface area contributed by atoms with Gasteiger partial charge in [-0.15, -0.1) is 0 Å². The number of carbonyl (C=O) groups excluding carboxylic acids is 1. The van der Waals surface area contributed by atoms with Crippen LogP contribution in [0, 0.1) is 11.6 Å². The third-order valence-corrected chi connectivity index (χ3v) is 9.29. The topological polar surface area (TPSA) is 146 Å². The molecule has 0 radical (unpaired) electrons. The van der Waals surface area contributed by atoms with Crippen LogP contribution >= 0.6 is 11.3 Å². The van der Waals surface area contributed by atoms with Gasteiger partial charge in [0.15, 0.2) is 5.13 Å². The summed E-state index contributed by atoms with van der Waals surface area (Å²) in [6.07, 6.45) is 6.92. The van der Waals surface area contributed by atoms with Crippen LogP contribution < -0.4 is 16.4 Å². The fourth-order valence-corrected chi connectivity index (χ4v) is 6.74. The summed E-state index contributed by atoms with van der Waals surface area (Å²) >= 11 is 0.924. The minimum atomic E-state index is -3.36. The van der Waals surface area contributed by atoms with Crippen molar-refractivity contribution in [1.29, 1.82) is 0 Å². The van der Waals surface area contributed by atoms with Gasteiger partial charge in [-0.05, 0) is 57.3 Å². The molecule has 10 nitrogen and oxygen atoms in total. The van der Waals surface area contributed by atoms with Gasteiger partial charge in [0, 0.05) is 31.0 Å². The number of piperidine rings is 1. The van der Waals surface area contributed by atoms with Gasteiger partial charge in [0.25, 0.3) is 0 Å². The zero-order chi connectivity index (χ0) is 27.1. The number of anilines is 2. The number of carbonyl (C=O) groups is 1. The van der Waals surface area contributed by atoms with Gasteiger partial charge in [0.05, 0.1) is 17.6 Å². The lowest BCUT2D eigenvalue weighted by Crippen LogP contribution is -2.43. The number of H-pyrrole nitrogens is 1. The summed E-state index contributed by atoms with van der Waals surface area (Å²) in [6, 6.07) is 3.13. The number of aromatic nitrogens is 3. The van der Waals surface area contributed by atoms with E-state index in [1.807, 2.05) is 0 Å². The number of nitrogen functional groups attached to an aromatic ring is 1. The second kappa shape index (κ2) is 12.7. The van der Waals surface area contributed by atoms with E-state index in [-0.39, 0.29) is 22.5 Å². The molecule has 0 atom stereocenters. The van der Waals surface area contributed by atoms with E-state index in [1.54, 1.807) is 12.5 Å². The van der Waals surface area contributed by atoms with Crippen molar-refractivity contribution in [2.45, 2.75) is 38.1 Å². The first kappa shape index (κ1) is 28.1. The van der Waals surface area contributed by atoms with Crippen molar-refractivity contribution in [2.75, 3.05) is 43.0 Å². The number of aromatic amines is 1. The van der Waals surface area contributed by atoms with Crippen molar-refractivity contribution in [3.8, 4) is 0 Å². The van der Waals surface area contributed by atoms with E-state index in [0.717, 1.165) is 48.5 Å². The Bertz CT molecular complexity index is 1300. The maximum atomic E-state index is 14.0. The number of rotatable bonds is 13. The molecular weight excluding hydrogens is 536 g/mol. The number of halogens is 2. The van der Waals surface area contributed by atoms with Crippen LogP contribution in [0.1, 0.15) is 46.6 Å². The molecule has 5 N–H and O–H groups in total. The molecule has 1 aromatic carbocycles. The molecule has 2 aromatic heterocycles. The van der Waals surface area contributed by atoms with Crippen LogP contribution in [0.15, 0.2) is 30.7 Å². The van der Waals surface area contributed by atoms with E-state index in [1.165, 1.54) is 10.4 Å². The molecule has 0 unspecified atom stereocenters. The molecule has 1 fully saturated rings. The van der Waals surface area contributed by atoms with E-state index in [4.69, 9.17) is 5.73 Å². The Morgan fingerprint density at radius 1 is 1.18 bits per heavy atom. The summed E-state index contributed by atoms with van der Waals surface area (Å²) in [4.78, 5) is 23.8. The fraction of sp³-hybridized carbons (Fsp3) is 0.458. The maximum absolute atomic E-state index is 14.0. The van der Waals surface area contributed by atoms with Crippen LogP contribution in [0.25, 0.3) is 0 Å². The molecule has 3 aromatic rings. The van der Waals surface area contributed by atoms with E-state index in [2.05, 4.69) is 25.6 Å². The molecule has 0 amide bonds. The number of nitrogens with one attached hydrogen (secondary N) is 3. The summed E-state index contributed by atoms with van der Waals surface area (Å²) < 4.78 is 55.1. The summed E-state index contributed by atoms with van der Waals surface area (Å²) in [7, 11) is -3.36. The Morgan fingerprint density at radius 2 is 1.89 bits per heavy atom. The largest absolute Gasteiger partial charge is 0.382 e. The Kier molecular flexibility index (Phi) is 9.41. The van der Waals surface area contributed by atoms with Gasteiger partial charge in [-0.1, -0.05) is 17.4 Å². The molecule has 206 valence electrons. The van der Waals surface area contributed by atoms with Crippen LogP contribution in [0.4, 0.5) is 19.7 Å². The van der Waals surface area contributed by atoms with Crippen molar-refractivity contribution in [1.82, 2.24) is 24.6 Å². The van der Waals surface area contributed by atoms with Crippen LogP contribution in [0.5, 0.6) is 0 Å². The minimum absolute atomic E-state index is 0.0496. The molecule has 4 rings (SSSR count). The van der Waals surface area contributed by atoms with Gasteiger partial charge in [-0.25, -0.2) is 31.5 Å². The first-order valence-electron chi connectivity index (χ1n) is 12.4. The van der Waals surface area contributed by atoms with E-state index in [0.29, 0.717) is 44.0 Å². The monoisotopic (exact) mass is 567 g/mol. The molecule has 1 saturated heterocycles. The van der Waals surface area contributed by atoms with E-state index < -0.39 is 33.0 Å². The first-order valence-corrected chi connectivity index (χ1v) is 14.8. The average Bonchev–Trinajstić information content (AvgIpc) is 3.53. The highest BCUT2D eigenvalue weighted by molar-refractivity contribution is 7.89. The van der Waals surface area contributed by atoms with Gasteiger partial charge < -0.3 is 21.4 Å². The first-order chi connectivity index (χ1) is 18.2.